The first-order valence-corrected chi connectivity index (χ1v) is 8.20. The first-order valence-electron chi connectivity index (χ1n) is 8.20. The summed E-state index contributed by atoms with van der Waals surface area (Å²) in [5.74, 6) is -2.07. The lowest BCUT2D eigenvalue weighted by molar-refractivity contribution is -0.148. The van der Waals surface area contributed by atoms with Crippen LogP contribution >= 0.6 is 0 Å². The first kappa shape index (κ1) is 16.2. The minimum atomic E-state index is -0.748. The van der Waals surface area contributed by atoms with Crippen molar-refractivity contribution in [1.82, 2.24) is 4.98 Å². The van der Waals surface area contributed by atoms with Gasteiger partial charge in [0.15, 0.2) is 0 Å². The van der Waals surface area contributed by atoms with Crippen molar-refractivity contribution in [2.24, 2.45) is 0 Å². The van der Waals surface area contributed by atoms with E-state index in [4.69, 9.17) is 4.74 Å². The maximum absolute atomic E-state index is 13.4. The number of carbonyl (C=O) groups excluding carboxylic acids is 2. The van der Waals surface area contributed by atoms with Crippen LogP contribution in [0.3, 0.4) is 0 Å². The molecule has 130 valence electrons. The zero-order chi connectivity index (χ0) is 18.1. The topological polar surface area (TPSA) is 68.3 Å². The molecule has 5 nitrogen and oxygen atoms in total. The summed E-state index contributed by atoms with van der Waals surface area (Å²) in [6, 6.07) is 13.4. The van der Waals surface area contributed by atoms with E-state index in [1.807, 2.05) is 30.3 Å². The molecule has 0 fully saturated rings. The highest BCUT2D eigenvalue weighted by Crippen LogP contribution is 2.33. The van der Waals surface area contributed by atoms with Gasteiger partial charge in [-0.1, -0.05) is 30.3 Å². The second kappa shape index (κ2) is 6.55. The number of carbonyl (C=O) groups is 2. The number of benzene rings is 2. The SMILES string of the molecule is O=C1C[C@H](C(=O)OCc2cccc3cccnc23)c2ccc(F)cc2N1. The maximum atomic E-state index is 13.4. The largest absolute Gasteiger partial charge is 0.460 e. The Kier molecular flexibility index (Phi) is 4.08. The average molecular weight is 350 g/mol. The number of nitrogens with one attached hydrogen (secondary N) is 1. The number of pyridine rings is 1. The predicted molar refractivity (Wildman–Crippen MR) is 93.9 cm³/mol. The van der Waals surface area contributed by atoms with Gasteiger partial charge in [0.25, 0.3) is 0 Å². The number of amides is 1. The Balaban J connectivity index is 1.56. The normalized spacial score (nSPS) is 16.0. The van der Waals surface area contributed by atoms with Crippen molar-refractivity contribution < 1.29 is 18.7 Å². The minimum absolute atomic E-state index is 0.0226. The van der Waals surface area contributed by atoms with Crippen molar-refractivity contribution in [3.05, 3.63) is 71.7 Å². The Labute approximate surface area is 148 Å². The standard InChI is InChI=1S/C20H15FN2O3/c21-14-6-7-15-16(10-18(24)23-17(15)9-14)20(25)26-11-13-4-1-3-12-5-2-8-22-19(12)13/h1-9,16H,10-11H2,(H,23,24)/t16-/m0/s1. The van der Waals surface area contributed by atoms with Gasteiger partial charge in [0, 0.05) is 29.3 Å². The van der Waals surface area contributed by atoms with Crippen LogP contribution < -0.4 is 5.32 Å². The van der Waals surface area contributed by atoms with Crippen molar-refractivity contribution in [2.45, 2.75) is 18.9 Å². The highest BCUT2D eigenvalue weighted by molar-refractivity contribution is 6.00. The lowest BCUT2D eigenvalue weighted by atomic mass is 9.90. The fourth-order valence-corrected chi connectivity index (χ4v) is 3.18. The third-order valence-corrected chi connectivity index (χ3v) is 4.43. The molecule has 0 bridgehead atoms. The molecule has 4 rings (SSSR count). The molecule has 1 aliphatic rings. The van der Waals surface area contributed by atoms with Crippen LogP contribution in [0.1, 0.15) is 23.5 Å². The summed E-state index contributed by atoms with van der Waals surface area (Å²) in [5, 5.41) is 3.54. The molecule has 0 spiro atoms. The van der Waals surface area contributed by atoms with E-state index in [0.717, 1.165) is 16.5 Å². The van der Waals surface area contributed by atoms with Gasteiger partial charge in [-0.05, 0) is 23.8 Å². The summed E-state index contributed by atoms with van der Waals surface area (Å²) < 4.78 is 18.9. The number of hydrogen-bond donors (Lipinski definition) is 1. The van der Waals surface area contributed by atoms with Crippen LogP contribution in [-0.4, -0.2) is 16.9 Å². The number of hydrogen-bond acceptors (Lipinski definition) is 4. The second-order valence-electron chi connectivity index (χ2n) is 6.14. The van der Waals surface area contributed by atoms with Crippen LogP contribution in [0.15, 0.2) is 54.7 Å². The van der Waals surface area contributed by atoms with E-state index in [0.29, 0.717) is 11.3 Å². The molecule has 0 radical (unpaired) electrons. The molecule has 1 aliphatic heterocycles. The predicted octanol–water partition coefficient (Wildman–Crippen LogP) is 3.54. The zero-order valence-electron chi connectivity index (χ0n) is 13.7. The zero-order valence-corrected chi connectivity index (χ0v) is 13.7. The molecule has 3 aromatic rings. The van der Waals surface area contributed by atoms with Gasteiger partial charge in [0.05, 0.1) is 11.4 Å². The number of fused-ring (bicyclic) bond motifs is 2. The third-order valence-electron chi connectivity index (χ3n) is 4.43. The van der Waals surface area contributed by atoms with Crippen molar-refractivity contribution >= 4 is 28.5 Å². The Bertz CT molecular complexity index is 1010. The fraction of sp³-hybridized carbons (Fsp3) is 0.150. The van der Waals surface area contributed by atoms with Gasteiger partial charge >= 0.3 is 5.97 Å². The number of ether oxygens (including phenoxy) is 1. The Morgan fingerprint density at radius 2 is 2.08 bits per heavy atom. The second-order valence-corrected chi connectivity index (χ2v) is 6.14. The van der Waals surface area contributed by atoms with Gasteiger partial charge < -0.3 is 10.1 Å². The number of rotatable bonds is 3. The number of para-hydroxylation sites is 1. The van der Waals surface area contributed by atoms with E-state index < -0.39 is 17.7 Å². The molecule has 1 atom stereocenters. The summed E-state index contributed by atoms with van der Waals surface area (Å²) in [5.41, 5.74) is 2.43. The van der Waals surface area contributed by atoms with Crippen molar-refractivity contribution in [2.75, 3.05) is 5.32 Å². The number of halogens is 1. The van der Waals surface area contributed by atoms with Gasteiger partial charge in [-0.2, -0.15) is 0 Å². The van der Waals surface area contributed by atoms with Gasteiger partial charge in [0.1, 0.15) is 12.4 Å². The van der Waals surface area contributed by atoms with Gasteiger partial charge in [0.2, 0.25) is 5.91 Å². The van der Waals surface area contributed by atoms with E-state index in [2.05, 4.69) is 10.3 Å². The van der Waals surface area contributed by atoms with Crippen molar-refractivity contribution in [3.63, 3.8) is 0 Å². The summed E-state index contributed by atoms with van der Waals surface area (Å²) in [6.45, 7) is 0.0574. The average Bonchev–Trinajstić information content (AvgIpc) is 2.65. The van der Waals surface area contributed by atoms with E-state index in [-0.39, 0.29) is 18.9 Å². The minimum Gasteiger partial charge on any atom is -0.460 e. The Morgan fingerprint density at radius 1 is 1.23 bits per heavy atom. The fourth-order valence-electron chi connectivity index (χ4n) is 3.18. The molecule has 0 saturated heterocycles. The van der Waals surface area contributed by atoms with Crippen LogP contribution in [0.5, 0.6) is 0 Å². The quantitative estimate of drug-likeness (QED) is 0.734. The lowest BCUT2D eigenvalue weighted by Crippen LogP contribution is -2.28. The molecule has 1 aromatic heterocycles. The van der Waals surface area contributed by atoms with Crippen LogP contribution in [0.2, 0.25) is 0 Å². The highest BCUT2D eigenvalue weighted by Gasteiger charge is 2.32. The smallest absolute Gasteiger partial charge is 0.314 e. The van der Waals surface area contributed by atoms with Crippen LogP contribution in [0, 0.1) is 5.82 Å². The van der Waals surface area contributed by atoms with E-state index in [9.17, 15) is 14.0 Å². The van der Waals surface area contributed by atoms with E-state index in [1.54, 1.807) is 6.20 Å². The lowest BCUT2D eigenvalue weighted by Gasteiger charge is -2.24. The molecule has 26 heavy (non-hydrogen) atoms. The molecule has 0 aliphatic carbocycles. The number of esters is 1. The Hall–Kier alpha value is -3.28. The van der Waals surface area contributed by atoms with E-state index in [1.165, 1.54) is 18.2 Å². The first-order chi connectivity index (χ1) is 12.6. The molecule has 6 heteroatoms. The molecule has 0 unspecified atom stereocenters. The molecule has 0 saturated carbocycles. The molecular weight excluding hydrogens is 335 g/mol. The number of aromatic nitrogens is 1. The molecule has 2 heterocycles. The van der Waals surface area contributed by atoms with E-state index >= 15 is 0 Å². The summed E-state index contributed by atoms with van der Waals surface area (Å²) in [7, 11) is 0. The van der Waals surface area contributed by atoms with Crippen LogP contribution in [-0.2, 0) is 20.9 Å². The monoisotopic (exact) mass is 350 g/mol. The molecule has 1 amide bonds. The number of anilines is 1. The van der Waals surface area contributed by atoms with Crippen LogP contribution in [0.4, 0.5) is 10.1 Å². The third kappa shape index (κ3) is 3.01. The van der Waals surface area contributed by atoms with Crippen molar-refractivity contribution in [1.29, 1.82) is 0 Å². The molecule has 2 aromatic carbocycles. The maximum Gasteiger partial charge on any atom is 0.314 e. The van der Waals surface area contributed by atoms with Crippen LogP contribution in [0.25, 0.3) is 10.9 Å². The van der Waals surface area contributed by atoms with Crippen molar-refractivity contribution in [3.8, 4) is 0 Å². The van der Waals surface area contributed by atoms with Gasteiger partial charge in [-0.25, -0.2) is 4.39 Å². The summed E-state index contributed by atoms with van der Waals surface area (Å²) in [4.78, 5) is 28.8. The number of nitrogens with zero attached hydrogens (tertiary/aromatic N) is 1. The molecular formula is C20H15FN2O3. The Morgan fingerprint density at radius 3 is 2.96 bits per heavy atom. The highest BCUT2D eigenvalue weighted by atomic mass is 19.1. The molecule has 1 N–H and O–H groups in total. The van der Waals surface area contributed by atoms with Gasteiger partial charge in [-0.15, -0.1) is 0 Å². The summed E-state index contributed by atoms with van der Waals surface area (Å²) in [6.07, 6.45) is 1.66. The summed E-state index contributed by atoms with van der Waals surface area (Å²) >= 11 is 0. The van der Waals surface area contributed by atoms with Gasteiger partial charge in [-0.3, -0.25) is 14.6 Å².